The highest BCUT2D eigenvalue weighted by atomic mass is 32.1. The first-order valence-corrected chi connectivity index (χ1v) is 30.1. The van der Waals surface area contributed by atoms with Gasteiger partial charge in [-0.3, -0.25) is 9.13 Å². The molecule has 0 aliphatic heterocycles. The highest BCUT2D eigenvalue weighted by molar-refractivity contribution is 7.22. The molecule has 18 rings (SSSR count). The van der Waals surface area contributed by atoms with Gasteiger partial charge in [-0.2, -0.15) is 0 Å². The first-order chi connectivity index (χ1) is 43.1. The van der Waals surface area contributed by atoms with Crippen LogP contribution in [0.4, 0.5) is 0 Å². The Labute approximate surface area is 503 Å². The van der Waals surface area contributed by atoms with Crippen LogP contribution in [0.5, 0.6) is 0 Å². The first kappa shape index (κ1) is 49.0. The van der Waals surface area contributed by atoms with Crippen molar-refractivity contribution in [3.05, 3.63) is 285 Å². The fourth-order valence-corrected chi connectivity index (χ4v) is 14.4. The molecule has 0 fully saturated rings. The number of nitrogens with zero attached hydrogens (tertiary/aromatic N) is 7. The Morgan fingerprint density at radius 2 is 0.701 bits per heavy atom. The van der Waals surface area contributed by atoms with Gasteiger partial charge >= 0.3 is 0 Å². The molecule has 5 heterocycles. The van der Waals surface area contributed by atoms with Gasteiger partial charge in [0.25, 0.3) is 0 Å². The smallest absolute Gasteiger partial charge is 0.235 e. The van der Waals surface area contributed by atoms with E-state index in [9.17, 15) is 0 Å². The number of para-hydroxylation sites is 3. The SMILES string of the molecule is c1ccc(-c2nc3ccc4c5cc(-c6ccc7c(c6)c6ccccc6n7-c6nc(-c7ccc(-c8cccc9ccccc89)cc7)c7ccccc7n6)ccc5n(-c5nc(-c6ccc(-c7cccc8ccccc78)cc6)c6ccccc6n5)c4c3s2)cc1. The average molecular weight is 1130 g/mol. The summed E-state index contributed by atoms with van der Waals surface area (Å²) in [5.74, 6) is 1.22. The van der Waals surface area contributed by atoms with Crippen LogP contribution in [-0.4, -0.2) is 34.1 Å². The molecule has 18 aromatic rings. The summed E-state index contributed by atoms with van der Waals surface area (Å²) in [6.07, 6.45) is 0. The van der Waals surface area contributed by atoms with E-state index in [1.165, 1.54) is 32.7 Å². The molecule has 0 bridgehead atoms. The van der Waals surface area contributed by atoms with Crippen LogP contribution >= 0.6 is 11.3 Å². The highest BCUT2D eigenvalue weighted by Gasteiger charge is 2.24. The number of hydrogen-bond acceptors (Lipinski definition) is 6. The Hall–Kier alpha value is -11.5. The number of hydrogen-bond donors (Lipinski definition) is 0. The largest absolute Gasteiger partial charge is 0.278 e. The van der Waals surface area contributed by atoms with Crippen LogP contribution in [0.1, 0.15) is 0 Å². The standard InChI is InChI=1S/C79H47N7S/c1-2-18-54(19-3-1)77-80-69-43-42-62-66-47-56(41-45-72(66)86(75(62)76(69)87-77)79-82-68-30-12-9-26-64(68)74(84-79)53-38-34-51(35-39-53)60-28-15-21-49-17-5-7-23-58(49)60)55-40-44-71-65(46-55)61-24-10-13-31-70(61)85(71)78-81-67-29-11-8-25-63(67)73(83-78)52-36-32-50(33-37-52)59-27-14-20-48-16-4-6-22-57(48)59/h1-47H. The third-order valence-electron chi connectivity index (χ3n) is 17.4. The molecule has 0 aliphatic rings. The molecule has 87 heavy (non-hydrogen) atoms. The molecular weight excluding hydrogens is 1080 g/mol. The van der Waals surface area contributed by atoms with E-state index >= 15 is 0 Å². The third kappa shape index (κ3) is 7.92. The zero-order valence-electron chi connectivity index (χ0n) is 46.7. The second-order valence-corrected chi connectivity index (χ2v) is 23.3. The summed E-state index contributed by atoms with van der Waals surface area (Å²) in [6, 6.07) is 102. The molecule has 0 amide bonds. The van der Waals surface area contributed by atoms with Gasteiger partial charge in [-0.05, 0) is 110 Å². The third-order valence-corrected chi connectivity index (χ3v) is 18.5. The lowest BCUT2D eigenvalue weighted by atomic mass is 9.96. The number of aromatic nitrogens is 7. The van der Waals surface area contributed by atoms with Gasteiger partial charge in [0.05, 0.1) is 54.7 Å². The summed E-state index contributed by atoms with van der Waals surface area (Å²) in [5.41, 5.74) is 18.6. The molecule has 8 heteroatoms. The average Bonchev–Trinajstić information content (AvgIpc) is 1.88. The van der Waals surface area contributed by atoms with Crippen LogP contribution in [0.25, 0.3) is 176 Å². The van der Waals surface area contributed by atoms with Crippen molar-refractivity contribution in [2.24, 2.45) is 0 Å². The Morgan fingerprint density at radius 3 is 1.30 bits per heavy atom. The maximum absolute atomic E-state index is 5.60. The summed E-state index contributed by atoms with van der Waals surface area (Å²) in [7, 11) is 0. The monoisotopic (exact) mass is 1130 g/mol. The van der Waals surface area contributed by atoms with Gasteiger partial charge in [-0.15, -0.1) is 11.3 Å². The maximum Gasteiger partial charge on any atom is 0.235 e. The topological polar surface area (TPSA) is 74.3 Å². The number of thiazole rings is 1. The van der Waals surface area contributed by atoms with E-state index in [-0.39, 0.29) is 0 Å². The minimum Gasteiger partial charge on any atom is -0.278 e. The number of fused-ring (bicyclic) bond motifs is 12. The minimum absolute atomic E-state index is 0.600. The lowest BCUT2D eigenvalue weighted by molar-refractivity contribution is 1.01. The molecule has 0 saturated heterocycles. The minimum atomic E-state index is 0.600. The molecular formula is C79H47N7S. The highest BCUT2D eigenvalue weighted by Crippen LogP contribution is 2.44. The molecule has 0 radical (unpaired) electrons. The van der Waals surface area contributed by atoms with Gasteiger partial charge in [-0.1, -0.05) is 231 Å². The van der Waals surface area contributed by atoms with Crippen LogP contribution in [0, 0.1) is 0 Å². The van der Waals surface area contributed by atoms with Gasteiger partial charge in [-0.25, -0.2) is 24.9 Å². The van der Waals surface area contributed by atoms with E-state index in [1.54, 1.807) is 11.3 Å². The fraction of sp³-hybridized carbons (Fsp3) is 0. The molecule has 404 valence electrons. The van der Waals surface area contributed by atoms with Crippen LogP contribution in [0.15, 0.2) is 285 Å². The van der Waals surface area contributed by atoms with E-state index in [1.807, 2.05) is 0 Å². The van der Waals surface area contributed by atoms with Crippen molar-refractivity contribution in [3.8, 4) is 78.4 Å². The van der Waals surface area contributed by atoms with Gasteiger partial charge < -0.3 is 0 Å². The molecule has 13 aromatic carbocycles. The zero-order chi connectivity index (χ0) is 57.1. The van der Waals surface area contributed by atoms with Crippen molar-refractivity contribution >= 4 is 109 Å². The number of benzene rings is 13. The fourth-order valence-electron chi connectivity index (χ4n) is 13.3. The zero-order valence-corrected chi connectivity index (χ0v) is 47.5. The lowest BCUT2D eigenvalue weighted by Gasteiger charge is -2.13. The molecule has 7 nitrogen and oxygen atoms in total. The maximum atomic E-state index is 5.60. The number of rotatable bonds is 8. The first-order valence-electron chi connectivity index (χ1n) is 29.3. The summed E-state index contributed by atoms with van der Waals surface area (Å²) in [6.45, 7) is 0. The Morgan fingerprint density at radius 1 is 0.253 bits per heavy atom. The van der Waals surface area contributed by atoms with Crippen molar-refractivity contribution in [2.45, 2.75) is 0 Å². The van der Waals surface area contributed by atoms with E-state index < -0.39 is 0 Å². The molecule has 0 unspecified atom stereocenters. The molecule has 0 aliphatic carbocycles. The predicted octanol–water partition coefficient (Wildman–Crippen LogP) is 20.7. The van der Waals surface area contributed by atoms with E-state index in [2.05, 4.69) is 294 Å². The van der Waals surface area contributed by atoms with E-state index in [4.69, 9.17) is 24.9 Å². The van der Waals surface area contributed by atoms with Crippen molar-refractivity contribution in [1.82, 2.24) is 34.1 Å². The van der Waals surface area contributed by atoms with Crippen molar-refractivity contribution < 1.29 is 0 Å². The van der Waals surface area contributed by atoms with Crippen molar-refractivity contribution in [3.63, 3.8) is 0 Å². The van der Waals surface area contributed by atoms with Crippen molar-refractivity contribution in [2.75, 3.05) is 0 Å². The second kappa shape index (κ2) is 19.6. The summed E-state index contributed by atoms with van der Waals surface area (Å²) in [5, 5.41) is 12.3. The predicted molar refractivity (Wildman–Crippen MR) is 362 cm³/mol. The van der Waals surface area contributed by atoms with Crippen LogP contribution in [-0.2, 0) is 0 Å². The van der Waals surface area contributed by atoms with Gasteiger partial charge in [0.2, 0.25) is 11.9 Å². The Balaban J connectivity index is 0.785. The van der Waals surface area contributed by atoms with Gasteiger partial charge in [0.15, 0.2) is 0 Å². The van der Waals surface area contributed by atoms with Crippen molar-refractivity contribution in [1.29, 1.82) is 0 Å². The molecule has 5 aromatic heterocycles. The summed E-state index contributed by atoms with van der Waals surface area (Å²) < 4.78 is 5.58. The van der Waals surface area contributed by atoms with Crippen LogP contribution in [0.2, 0.25) is 0 Å². The lowest BCUT2D eigenvalue weighted by Crippen LogP contribution is -2.03. The Bertz CT molecular complexity index is 5810. The van der Waals surface area contributed by atoms with E-state index in [0.717, 1.165) is 131 Å². The normalized spacial score (nSPS) is 11.9. The molecule has 0 saturated carbocycles. The summed E-state index contributed by atoms with van der Waals surface area (Å²) in [4.78, 5) is 27.1. The van der Waals surface area contributed by atoms with Gasteiger partial charge in [0, 0.05) is 49.0 Å². The van der Waals surface area contributed by atoms with Crippen LogP contribution < -0.4 is 0 Å². The van der Waals surface area contributed by atoms with Gasteiger partial charge in [0.1, 0.15) is 5.01 Å². The molecule has 0 spiro atoms. The second-order valence-electron chi connectivity index (χ2n) is 22.3. The molecule has 0 atom stereocenters. The Kier molecular flexibility index (Phi) is 11.0. The molecule has 0 N–H and O–H groups in total. The van der Waals surface area contributed by atoms with Crippen LogP contribution in [0.3, 0.4) is 0 Å². The van der Waals surface area contributed by atoms with E-state index in [0.29, 0.717) is 11.9 Å². The summed E-state index contributed by atoms with van der Waals surface area (Å²) >= 11 is 1.71. The quantitative estimate of drug-likeness (QED) is 0.152.